The van der Waals surface area contributed by atoms with Gasteiger partial charge < -0.3 is 14.8 Å². The van der Waals surface area contributed by atoms with Crippen LogP contribution in [0.5, 0.6) is 0 Å². The van der Waals surface area contributed by atoms with Crippen LogP contribution in [0.3, 0.4) is 0 Å². The number of carbonyl (C=O) groups is 2. The molecule has 134 valence electrons. The summed E-state index contributed by atoms with van der Waals surface area (Å²) in [6.45, 7) is 1.68. The standard InChI is InChI=1S/C17H16F3NO4/c1-2-13-11(16(23)24)9-14(25-13)15(22)21-12-6-4-3-5-10(12)7-8-17(18,19)20/h3-6,9H,2,7-8H2,1H3,(H,21,22)(H,23,24). The minimum Gasteiger partial charge on any atom is -0.478 e. The Hall–Kier alpha value is -2.77. The van der Waals surface area contributed by atoms with E-state index in [4.69, 9.17) is 9.52 Å². The summed E-state index contributed by atoms with van der Waals surface area (Å²) >= 11 is 0. The van der Waals surface area contributed by atoms with Crippen LogP contribution < -0.4 is 5.32 Å². The van der Waals surface area contributed by atoms with Gasteiger partial charge in [0.25, 0.3) is 5.91 Å². The molecule has 0 aliphatic carbocycles. The van der Waals surface area contributed by atoms with Crippen LogP contribution in [0.1, 0.15) is 45.6 Å². The molecule has 0 unspecified atom stereocenters. The topological polar surface area (TPSA) is 79.5 Å². The lowest BCUT2D eigenvalue weighted by Gasteiger charge is -2.11. The number of para-hydroxylation sites is 1. The van der Waals surface area contributed by atoms with E-state index < -0.39 is 24.5 Å². The fourth-order valence-corrected chi connectivity index (χ4v) is 2.30. The van der Waals surface area contributed by atoms with Gasteiger partial charge in [0.05, 0.1) is 0 Å². The zero-order valence-corrected chi connectivity index (χ0v) is 13.3. The first-order chi connectivity index (χ1) is 11.7. The molecule has 0 spiro atoms. The number of carboxylic acid groups (broad SMARTS) is 1. The summed E-state index contributed by atoms with van der Waals surface area (Å²) in [5.41, 5.74) is 0.440. The normalized spacial score (nSPS) is 11.4. The molecule has 0 aliphatic rings. The summed E-state index contributed by atoms with van der Waals surface area (Å²) in [7, 11) is 0. The molecule has 0 atom stereocenters. The monoisotopic (exact) mass is 355 g/mol. The fourth-order valence-electron chi connectivity index (χ4n) is 2.30. The first-order valence-corrected chi connectivity index (χ1v) is 7.53. The molecule has 2 aromatic rings. The Morgan fingerprint density at radius 3 is 2.48 bits per heavy atom. The highest BCUT2D eigenvalue weighted by atomic mass is 19.4. The number of hydrogen-bond acceptors (Lipinski definition) is 3. The van der Waals surface area contributed by atoms with Crippen LogP contribution >= 0.6 is 0 Å². The highest BCUT2D eigenvalue weighted by Gasteiger charge is 2.27. The molecule has 1 heterocycles. The molecule has 8 heteroatoms. The average Bonchev–Trinajstić information content (AvgIpc) is 2.98. The minimum atomic E-state index is -4.30. The van der Waals surface area contributed by atoms with E-state index in [9.17, 15) is 22.8 Å². The van der Waals surface area contributed by atoms with Crippen LogP contribution in [0.15, 0.2) is 34.7 Å². The molecule has 0 saturated carbocycles. The van der Waals surface area contributed by atoms with Crippen molar-refractivity contribution >= 4 is 17.6 Å². The number of aryl methyl sites for hydroxylation is 2. The first-order valence-electron chi connectivity index (χ1n) is 7.53. The van der Waals surface area contributed by atoms with E-state index in [0.717, 1.165) is 6.07 Å². The van der Waals surface area contributed by atoms with E-state index in [1.165, 1.54) is 12.1 Å². The molecular weight excluding hydrogens is 339 g/mol. The van der Waals surface area contributed by atoms with Crippen molar-refractivity contribution in [3.8, 4) is 0 Å². The zero-order chi connectivity index (χ0) is 18.6. The van der Waals surface area contributed by atoms with Gasteiger partial charge in [-0.25, -0.2) is 4.79 Å². The van der Waals surface area contributed by atoms with Crippen molar-refractivity contribution in [3.63, 3.8) is 0 Å². The van der Waals surface area contributed by atoms with E-state index in [2.05, 4.69) is 5.32 Å². The van der Waals surface area contributed by atoms with Crippen LogP contribution in [0, 0.1) is 0 Å². The number of halogens is 3. The van der Waals surface area contributed by atoms with Gasteiger partial charge in [-0.3, -0.25) is 4.79 Å². The van der Waals surface area contributed by atoms with Crippen molar-refractivity contribution in [1.82, 2.24) is 0 Å². The summed E-state index contributed by atoms with van der Waals surface area (Å²) in [5, 5.41) is 11.5. The molecule has 2 N–H and O–H groups in total. The molecule has 0 aliphatic heterocycles. The maximum atomic E-state index is 12.4. The number of carboxylic acids is 1. The number of aromatic carboxylic acids is 1. The van der Waals surface area contributed by atoms with Crippen molar-refractivity contribution < 1.29 is 32.3 Å². The number of hydrogen-bond donors (Lipinski definition) is 2. The van der Waals surface area contributed by atoms with Crippen LogP contribution in [-0.4, -0.2) is 23.2 Å². The van der Waals surface area contributed by atoms with Gasteiger partial charge >= 0.3 is 12.1 Å². The number of carbonyl (C=O) groups excluding carboxylic acids is 1. The Morgan fingerprint density at radius 1 is 1.24 bits per heavy atom. The second-order valence-corrected chi connectivity index (χ2v) is 5.33. The first kappa shape index (κ1) is 18.6. The predicted molar refractivity (Wildman–Crippen MR) is 83.8 cm³/mol. The highest BCUT2D eigenvalue weighted by molar-refractivity contribution is 6.04. The van der Waals surface area contributed by atoms with Gasteiger partial charge in [-0.2, -0.15) is 13.2 Å². The zero-order valence-electron chi connectivity index (χ0n) is 13.3. The molecule has 2 rings (SSSR count). The Morgan fingerprint density at radius 2 is 1.92 bits per heavy atom. The summed E-state index contributed by atoms with van der Waals surface area (Å²) in [5.74, 6) is -1.99. The van der Waals surface area contributed by atoms with Gasteiger partial charge in [-0.15, -0.1) is 0 Å². The Kier molecular flexibility index (Phi) is 5.51. The smallest absolute Gasteiger partial charge is 0.389 e. The maximum Gasteiger partial charge on any atom is 0.389 e. The summed E-state index contributed by atoms with van der Waals surface area (Å²) < 4.78 is 42.5. The number of furan rings is 1. The molecule has 1 aromatic carbocycles. The van der Waals surface area contributed by atoms with Crippen LogP contribution in [0.2, 0.25) is 0 Å². The van der Waals surface area contributed by atoms with E-state index in [0.29, 0.717) is 5.56 Å². The van der Waals surface area contributed by atoms with Crippen LogP contribution in [0.25, 0.3) is 0 Å². The number of alkyl halides is 3. The van der Waals surface area contributed by atoms with E-state index >= 15 is 0 Å². The minimum absolute atomic E-state index is 0.113. The Labute approximate surface area is 141 Å². The summed E-state index contributed by atoms with van der Waals surface area (Å²) in [6.07, 6.45) is -5.30. The lowest BCUT2D eigenvalue weighted by Crippen LogP contribution is -2.14. The Bertz CT molecular complexity index is 780. The molecule has 0 radical (unpaired) electrons. The number of nitrogens with one attached hydrogen (secondary N) is 1. The molecule has 0 saturated heterocycles. The number of anilines is 1. The van der Waals surface area contributed by atoms with Crippen LogP contribution in [0.4, 0.5) is 18.9 Å². The van der Waals surface area contributed by atoms with Crippen molar-refractivity contribution in [3.05, 3.63) is 53.0 Å². The summed E-state index contributed by atoms with van der Waals surface area (Å²) in [4.78, 5) is 23.4. The van der Waals surface area contributed by atoms with Crippen molar-refractivity contribution in [1.29, 1.82) is 0 Å². The molecule has 0 fully saturated rings. The van der Waals surface area contributed by atoms with Gasteiger partial charge in [-0.05, 0) is 18.1 Å². The predicted octanol–water partition coefficient (Wildman–Crippen LogP) is 4.29. The second kappa shape index (κ2) is 7.42. The van der Waals surface area contributed by atoms with Crippen molar-refractivity contribution in [2.45, 2.75) is 32.4 Å². The molecule has 1 amide bonds. The average molecular weight is 355 g/mol. The van der Waals surface area contributed by atoms with E-state index in [1.807, 2.05) is 0 Å². The lowest BCUT2D eigenvalue weighted by atomic mass is 10.1. The van der Waals surface area contributed by atoms with Crippen molar-refractivity contribution in [2.75, 3.05) is 5.32 Å². The van der Waals surface area contributed by atoms with Gasteiger partial charge in [0.2, 0.25) is 0 Å². The molecule has 1 aromatic heterocycles. The second-order valence-electron chi connectivity index (χ2n) is 5.33. The highest BCUT2D eigenvalue weighted by Crippen LogP contribution is 2.26. The van der Waals surface area contributed by atoms with Gasteiger partial charge in [-0.1, -0.05) is 25.1 Å². The third-order valence-electron chi connectivity index (χ3n) is 3.53. The molecule has 5 nitrogen and oxygen atoms in total. The maximum absolute atomic E-state index is 12.4. The van der Waals surface area contributed by atoms with E-state index in [1.54, 1.807) is 19.1 Å². The van der Waals surface area contributed by atoms with Crippen LogP contribution in [-0.2, 0) is 12.8 Å². The molecule has 0 bridgehead atoms. The Balaban J connectivity index is 2.20. The largest absolute Gasteiger partial charge is 0.478 e. The van der Waals surface area contributed by atoms with E-state index in [-0.39, 0.29) is 35.6 Å². The van der Waals surface area contributed by atoms with Crippen molar-refractivity contribution in [2.24, 2.45) is 0 Å². The third kappa shape index (κ3) is 4.85. The number of rotatable bonds is 6. The number of amides is 1. The van der Waals surface area contributed by atoms with Gasteiger partial charge in [0.15, 0.2) is 5.76 Å². The van der Waals surface area contributed by atoms with Gasteiger partial charge in [0, 0.05) is 24.6 Å². The lowest BCUT2D eigenvalue weighted by molar-refractivity contribution is -0.133. The van der Waals surface area contributed by atoms with Gasteiger partial charge in [0.1, 0.15) is 11.3 Å². The quantitative estimate of drug-likeness (QED) is 0.810. The number of benzene rings is 1. The molecular formula is C17H16F3NO4. The molecule has 25 heavy (non-hydrogen) atoms. The SMILES string of the molecule is CCc1oc(C(=O)Nc2ccccc2CCC(F)(F)F)cc1C(=O)O. The fraction of sp³-hybridized carbons (Fsp3) is 0.294. The third-order valence-corrected chi connectivity index (χ3v) is 3.53. The summed E-state index contributed by atoms with van der Waals surface area (Å²) in [6, 6.07) is 7.23.